The van der Waals surface area contributed by atoms with Crippen LogP contribution in [0.4, 0.5) is 0 Å². The molecule has 1 aliphatic rings. The van der Waals surface area contributed by atoms with Crippen molar-refractivity contribution < 1.29 is 0 Å². The lowest BCUT2D eigenvalue weighted by molar-refractivity contribution is 0.375. The van der Waals surface area contributed by atoms with E-state index in [-0.39, 0.29) is 0 Å². The van der Waals surface area contributed by atoms with Gasteiger partial charge in [0, 0.05) is 0 Å². The summed E-state index contributed by atoms with van der Waals surface area (Å²) < 4.78 is 0. The Kier molecular flexibility index (Phi) is 3.20. The molecule has 1 saturated heterocycles. The summed E-state index contributed by atoms with van der Waals surface area (Å²) in [5.41, 5.74) is 2.97. The lowest BCUT2D eigenvalue weighted by Gasteiger charge is -2.23. The summed E-state index contributed by atoms with van der Waals surface area (Å²) in [7, 11) is 0. The van der Waals surface area contributed by atoms with Crippen molar-refractivity contribution in [2.75, 3.05) is 13.1 Å². The monoisotopic (exact) mass is 189 g/mol. The largest absolute Gasteiger partial charge is 0.316 e. The van der Waals surface area contributed by atoms with E-state index in [4.69, 9.17) is 0 Å². The Labute approximate surface area is 86.5 Å². The van der Waals surface area contributed by atoms with Gasteiger partial charge in [-0.25, -0.2) is 0 Å². The van der Waals surface area contributed by atoms with Crippen LogP contribution in [0.2, 0.25) is 0 Å². The fourth-order valence-electron chi connectivity index (χ4n) is 2.25. The molecule has 1 heteroatoms. The highest BCUT2D eigenvalue weighted by Gasteiger charge is 2.13. The lowest BCUT2D eigenvalue weighted by Crippen LogP contribution is -2.30. The zero-order valence-corrected chi connectivity index (χ0v) is 8.92. The predicted molar refractivity (Wildman–Crippen MR) is 60.5 cm³/mol. The summed E-state index contributed by atoms with van der Waals surface area (Å²) in [6.45, 7) is 4.63. The van der Waals surface area contributed by atoms with Gasteiger partial charge in [-0.2, -0.15) is 0 Å². The van der Waals surface area contributed by atoms with Gasteiger partial charge in [0.2, 0.25) is 0 Å². The molecule has 0 radical (unpaired) electrons. The molecule has 1 N–H and O–H groups in total. The summed E-state index contributed by atoms with van der Waals surface area (Å²) >= 11 is 0. The van der Waals surface area contributed by atoms with E-state index < -0.39 is 0 Å². The van der Waals surface area contributed by atoms with Crippen LogP contribution >= 0.6 is 0 Å². The molecule has 0 amide bonds. The first-order valence-corrected chi connectivity index (χ1v) is 5.61. The molecule has 14 heavy (non-hydrogen) atoms. The third kappa shape index (κ3) is 2.36. The molecular formula is C13H19N. The molecule has 1 aromatic rings. The van der Waals surface area contributed by atoms with E-state index in [0.29, 0.717) is 0 Å². The minimum atomic E-state index is 0.852. The molecule has 2 rings (SSSR count). The number of piperidine rings is 1. The third-order valence-electron chi connectivity index (χ3n) is 3.17. The summed E-state index contributed by atoms with van der Waals surface area (Å²) in [5.74, 6) is 0.852. The van der Waals surface area contributed by atoms with Gasteiger partial charge in [-0.05, 0) is 56.3 Å². The normalized spacial score (nSPS) is 22.2. The SMILES string of the molecule is Cc1ccccc1C[C@@H]1CCCNC1. The molecule has 0 unspecified atom stereocenters. The molecule has 1 fully saturated rings. The molecule has 1 aliphatic heterocycles. The Hall–Kier alpha value is -0.820. The molecular weight excluding hydrogens is 170 g/mol. The zero-order valence-electron chi connectivity index (χ0n) is 8.92. The average Bonchev–Trinajstić information content (AvgIpc) is 2.23. The van der Waals surface area contributed by atoms with Crippen molar-refractivity contribution in [3.8, 4) is 0 Å². The number of hydrogen-bond donors (Lipinski definition) is 1. The Balaban J connectivity index is 1.99. The van der Waals surface area contributed by atoms with Crippen LogP contribution < -0.4 is 5.32 Å². The highest BCUT2D eigenvalue weighted by Crippen LogP contribution is 2.18. The number of nitrogens with one attached hydrogen (secondary N) is 1. The summed E-state index contributed by atoms with van der Waals surface area (Å²) in [5, 5.41) is 3.47. The van der Waals surface area contributed by atoms with Crippen LogP contribution in [0.15, 0.2) is 24.3 Å². The van der Waals surface area contributed by atoms with Gasteiger partial charge < -0.3 is 5.32 Å². The van der Waals surface area contributed by atoms with E-state index in [2.05, 4.69) is 36.5 Å². The van der Waals surface area contributed by atoms with Crippen molar-refractivity contribution in [3.05, 3.63) is 35.4 Å². The van der Waals surface area contributed by atoms with E-state index in [0.717, 1.165) is 5.92 Å². The molecule has 76 valence electrons. The van der Waals surface area contributed by atoms with E-state index in [9.17, 15) is 0 Å². The average molecular weight is 189 g/mol. The second kappa shape index (κ2) is 4.61. The minimum Gasteiger partial charge on any atom is -0.316 e. The molecule has 1 nitrogen and oxygen atoms in total. The van der Waals surface area contributed by atoms with Crippen LogP contribution in [0.3, 0.4) is 0 Å². The Bertz CT molecular complexity index is 287. The summed E-state index contributed by atoms with van der Waals surface area (Å²) in [6, 6.07) is 8.76. The molecule has 0 aromatic heterocycles. The summed E-state index contributed by atoms with van der Waals surface area (Å²) in [4.78, 5) is 0. The van der Waals surface area contributed by atoms with Crippen molar-refractivity contribution in [2.24, 2.45) is 5.92 Å². The third-order valence-corrected chi connectivity index (χ3v) is 3.17. The molecule has 1 heterocycles. The topological polar surface area (TPSA) is 12.0 Å². The van der Waals surface area contributed by atoms with E-state index in [1.165, 1.54) is 43.5 Å². The van der Waals surface area contributed by atoms with Gasteiger partial charge >= 0.3 is 0 Å². The van der Waals surface area contributed by atoms with E-state index in [1.807, 2.05) is 0 Å². The van der Waals surface area contributed by atoms with Gasteiger partial charge in [0.25, 0.3) is 0 Å². The zero-order chi connectivity index (χ0) is 9.80. The molecule has 0 spiro atoms. The fraction of sp³-hybridized carbons (Fsp3) is 0.538. The maximum absolute atomic E-state index is 3.47. The van der Waals surface area contributed by atoms with Crippen molar-refractivity contribution in [1.29, 1.82) is 0 Å². The van der Waals surface area contributed by atoms with Gasteiger partial charge in [-0.15, -0.1) is 0 Å². The Morgan fingerprint density at radius 2 is 2.21 bits per heavy atom. The van der Waals surface area contributed by atoms with Gasteiger partial charge in [0.15, 0.2) is 0 Å². The van der Waals surface area contributed by atoms with Gasteiger partial charge in [-0.3, -0.25) is 0 Å². The predicted octanol–water partition coefficient (Wildman–Crippen LogP) is 2.54. The maximum atomic E-state index is 3.47. The van der Waals surface area contributed by atoms with Crippen LogP contribution in [0.25, 0.3) is 0 Å². The number of rotatable bonds is 2. The van der Waals surface area contributed by atoms with Crippen molar-refractivity contribution in [1.82, 2.24) is 5.32 Å². The van der Waals surface area contributed by atoms with Crippen LogP contribution in [-0.2, 0) is 6.42 Å². The molecule has 0 bridgehead atoms. The quantitative estimate of drug-likeness (QED) is 0.754. The van der Waals surface area contributed by atoms with Crippen LogP contribution in [0, 0.1) is 12.8 Å². The standard InChI is InChI=1S/C13H19N/c1-11-5-2-3-7-13(11)9-12-6-4-8-14-10-12/h2-3,5,7,12,14H,4,6,8-10H2,1H3/t12-/m0/s1. The molecule has 1 aromatic carbocycles. The molecule has 1 atom stereocenters. The van der Waals surface area contributed by atoms with Crippen LogP contribution in [-0.4, -0.2) is 13.1 Å². The van der Waals surface area contributed by atoms with Gasteiger partial charge in [0.1, 0.15) is 0 Å². The highest BCUT2D eigenvalue weighted by molar-refractivity contribution is 5.26. The fourth-order valence-corrected chi connectivity index (χ4v) is 2.25. The minimum absolute atomic E-state index is 0.852. The first kappa shape index (κ1) is 9.72. The molecule has 0 saturated carbocycles. The second-order valence-corrected chi connectivity index (χ2v) is 4.34. The first-order chi connectivity index (χ1) is 6.86. The van der Waals surface area contributed by atoms with Gasteiger partial charge in [-0.1, -0.05) is 24.3 Å². The first-order valence-electron chi connectivity index (χ1n) is 5.61. The van der Waals surface area contributed by atoms with E-state index in [1.54, 1.807) is 0 Å². The number of aryl methyl sites for hydroxylation is 1. The maximum Gasteiger partial charge on any atom is -0.00173 e. The number of benzene rings is 1. The Morgan fingerprint density at radius 1 is 1.36 bits per heavy atom. The van der Waals surface area contributed by atoms with E-state index >= 15 is 0 Å². The van der Waals surface area contributed by atoms with Crippen LogP contribution in [0.5, 0.6) is 0 Å². The number of hydrogen-bond acceptors (Lipinski definition) is 1. The van der Waals surface area contributed by atoms with Crippen molar-refractivity contribution >= 4 is 0 Å². The second-order valence-electron chi connectivity index (χ2n) is 4.34. The summed E-state index contributed by atoms with van der Waals surface area (Å²) in [6.07, 6.45) is 3.98. The van der Waals surface area contributed by atoms with Crippen molar-refractivity contribution in [3.63, 3.8) is 0 Å². The highest BCUT2D eigenvalue weighted by atomic mass is 14.9. The van der Waals surface area contributed by atoms with Crippen molar-refractivity contribution in [2.45, 2.75) is 26.2 Å². The molecule has 0 aliphatic carbocycles. The van der Waals surface area contributed by atoms with Gasteiger partial charge in [0.05, 0.1) is 0 Å². The smallest absolute Gasteiger partial charge is 0.00173 e. The Morgan fingerprint density at radius 3 is 2.93 bits per heavy atom. The lowest BCUT2D eigenvalue weighted by atomic mass is 9.91. The van der Waals surface area contributed by atoms with Crippen LogP contribution in [0.1, 0.15) is 24.0 Å².